The molecule has 0 unspecified atom stereocenters. The molecule has 0 aromatic carbocycles. The highest BCUT2D eigenvalue weighted by Crippen LogP contribution is 2.29. The van der Waals surface area contributed by atoms with Gasteiger partial charge in [-0.1, -0.05) is 0 Å². The van der Waals surface area contributed by atoms with Gasteiger partial charge in [0.1, 0.15) is 17.3 Å². The molecular weight excluding hydrogens is 304 g/mol. The molecule has 116 valence electrons. The quantitative estimate of drug-likeness (QED) is 0.688. The van der Waals surface area contributed by atoms with Crippen molar-refractivity contribution in [1.29, 1.82) is 5.26 Å². The van der Waals surface area contributed by atoms with E-state index in [1.165, 1.54) is 0 Å². The molecule has 0 radical (unpaired) electrons. The van der Waals surface area contributed by atoms with E-state index >= 15 is 0 Å². The summed E-state index contributed by atoms with van der Waals surface area (Å²) >= 11 is 0. The van der Waals surface area contributed by atoms with Gasteiger partial charge in [-0.25, -0.2) is 9.97 Å². The second-order valence-corrected chi connectivity index (χ2v) is 10.8. The predicted molar refractivity (Wildman–Crippen MR) is 91.8 cm³/mol. The molecule has 0 N–H and O–H groups in total. The number of pyridine rings is 2. The van der Waals surface area contributed by atoms with Crippen molar-refractivity contribution in [1.82, 2.24) is 14.4 Å². The highest BCUT2D eigenvalue weighted by Gasteiger charge is 2.21. The van der Waals surface area contributed by atoms with Crippen LogP contribution >= 0.6 is 0 Å². The van der Waals surface area contributed by atoms with Crippen molar-refractivity contribution < 1.29 is 4.43 Å². The largest absolute Gasteiger partial charge is 0.531 e. The number of aryl methyl sites for hydroxylation is 1. The van der Waals surface area contributed by atoms with E-state index < -0.39 is 8.32 Å². The number of rotatable bonds is 3. The summed E-state index contributed by atoms with van der Waals surface area (Å²) in [5.74, 6) is 0.441. The Bertz CT molecular complexity index is 918. The topological polar surface area (TPSA) is 63.2 Å². The Morgan fingerprint density at radius 2 is 2.04 bits per heavy atom. The van der Waals surface area contributed by atoms with E-state index in [9.17, 15) is 5.26 Å². The third-order valence-electron chi connectivity index (χ3n) is 3.40. The molecule has 0 fully saturated rings. The number of imidazole rings is 1. The number of nitriles is 1. The number of aromatic nitrogens is 3. The van der Waals surface area contributed by atoms with Crippen LogP contribution in [-0.4, -0.2) is 22.7 Å². The summed E-state index contributed by atoms with van der Waals surface area (Å²) in [6.07, 6.45) is 5.65. The number of hydrogen-bond acceptors (Lipinski definition) is 4. The van der Waals surface area contributed by atoms with Crippen LogP contribution < -0.4 is 4.43 Å². The van der Waals surface area contributed by atoms with E-state index in [2.05, 4.69) is 35.7 Å². The van der Waals surface area contributed by atoms with Gasteiger partial charge in [-0.15, -0.1) is 0 Å². The van der Waals surface area contributed by atoms with Gasteiger partial charge in [-0.3, -0.25) is 0 Å². The maximum Gasteiger partial charge on any atom is 0.244 e. The third kappa shape index (κ3) is 3.10. The van der Waals surface area contributed by atoms with E-state index in [-0.39, 0.29) is 0 Å². The minimum Gasteiger partial charge on any atom is -0.531 e. The van der Waals surface area contributed by atoms with Crippen molar-refractivity contribution in [2.45, 2.75) is 26.6 Å². The number of hydrogen-bond donors (Lipinski definition) is 0. The molecule has 5 nitrogen and oxygen atoms in total. The minimum atomic E-state index is -1.82. The SMILES string of the molecule is Cc1nc(O[Si](C)(C)C)c(C#N)cc1-c1ccc2nccn2c1. The van der Waals surface area contributed by atoms with E-state index in [4.69, 9.17) is 4.43 Å². The van der Waals surface area contributed by atoms with Crippen molar-refractivity contribution in [3.8, 4) is 23.1 Å². The molecule has 6 heteroatoms. The maximum absolute atomic E-state index is 9.45. The summed E-state index contributed by atoms with van der Waals surface area (Å²) in [6.45, 7) is 8.16. The predicted octanol–water partition coefficient (Wildman–Crippen LogP) is 3.79. The molecule has 0 aliphatic heterocycles. The van der Waals surface area contributed by atoms with Crippen LogP contribution in [0.3, 0.4) is 0 Å². The summed E-state index contributed by atoms with van der Waals surface area (Å²) in [4.78, 5) is 8.78. The zero-order valence-corrected chi connectivity index (χ0v) is 14.7. The van der Waals surface area contributed by atoms with Crippen LogP contribution in [-0.2, 0) is 0 Å². The Labute approximate surface area is 136 Å². The van der Waals surface area contributed by atoms with Gasteiger partial charge in [0, 0.05) is 35.4 Å². The van der Waals surface area contributed by atoms with Gasteiger partial charge in [0.05, 0.1) is 0 Å². The van der Waals surface area contributed by atoms with Gasteiger partial charge >= 0.3 is 0 Å². The first-order valence-corrected chi connectivity index (χ1v) is 10.8. The van der Waals surface area contributed by atoms with Crippen LogP contribution in [0.2, 0.25) is 19.6 Å². The maximum atomic E-state index is 9.45. The van der Waals surface area contributed by atoms with Gasteiger partial charge in [-0.2, -0.15) is 5.26 Å². The van der Waals surface area contributed by atoms with E-state index in [0.717, 1.165) is 22.5 Å². The smallest absolute Gasteiger partial charge is 0.244 e. The van der Waals surface area contributed by atoms with Crippen molar-refractivity contribution in [2.24, 2.45) is 0 Å². The molecule has 0 saturated carbocycles. The average Bonchev–Trinajstić information content (AvgIpc) is 2.93. The van der Waals surface area contributed by atoms with E-state index in [1.54, 1.807) is 6.20 Å². The highest BCUT2D eigenvalue weighted by molar-refractivity contribution is 6.70. The first kappa shape index (κ1) is 15.3. The summed E-state index contributed by atoms with van der Waals surface area (Å²) in [5, 5.41) is 9.45. The summed E-state index contributed by atoms with van der Waals surface area (Å²) in [6, 6.07) is 8.00. The normalized spacial score (nSPS) is 11.4. The van der Waals surface area contributed by atoms with Gasteiger partial charge in [0.15, 0.2) is 0 Å². The lowest BCUT2D eigenvalue weighted by Crippen LogP contribution is -2.30. The fraction of sp³-hybridized carbons (Fsp3) is 0.235. The zero-order valence-electron chi connectivity index (χ0n) is 13.7. The molecular formula is C17H18N4OSi. The Morgan fingerprint density at radius 3 is 2.74 bits per heavy atom. The lowest BCUT2D eigenvalue weighted by Gasteiger charge is -2.20. The Hall–Kier alpha value is -2.65. The van der Waals surface area contributed by atoms with E-state index in [1.807, 2.05) is 41.9 Å². The monoisotopic (exact) mass is 322 g/mol. The lowest BCUT2D eigenvalue weighted by atomic mass is 10.0. The fourth-order valence-corrected chi connectivity index (χ4v) is 3.14. The first-order chi connectivity index (χ1) is 10.9. The van der Waals surface area contributed by atoms with Gasteiger partial charge in [-0.05, 0) is 44.8 Å². The van der Waals surface area contributed by atoms with Gasteiger partial charge in [0.25, 0.3) is 0 Å². The van der Waals surface area contributed by atoms with Crippen LogP contribution in [0.15, 0.2) is 36.8 Å². The van der Waals surface area contributed by atoms with Crippen LogP contribution in [0.4, 0.5) is 0 Å². The molecule has 0 aliphatic rings. The van der Waals surface area contributed by atoms with Crippen molar-refractivity contribution in [3.05, 3.63) is 48.0 Å². The average molecular weight is 322 g/mol. The van der Waals surface area contributed by atoms with Crippen molar-refractivity contribution in [3.63, 3.8) is 0 Å². The molecule has 0 bridgehead atoms. The minimum absolute atomic E-state index is 0.441. The molecule has 0 spiro atoms. The standard InChI is InChI=1S/C17H18N4OSi/c1-12-15(13-5-6-16-19-7-8-21(16)11-13)9-14(10-18)17(20-12)22-23(2,3)4/h5-9,11H,1-4H3. The Morgan fingerprint density at radius 1 is 1.26 bits per heavy atom. The van der Waals surface area contributed by atoms with Crippen molar-refractivity contribution >= 4 is 14.0 Å². The molecule has 3 heterocycles. The number of fused-ring (bicyclic) bond motifs is 1. The van der Waals surface area contributed by atoms with Crippen molar-refractivity contribution in [2.75, 3.05) is 0 Å². The second kappa shape index (κ2) is 5.52. The Balaban J connectivity index is 2.11. The van der Waals surface area contributed by atoms with Gasteiger partial charge in [0.2, 0.25) is 14.2 Å². The first-order valence-electron chi connectivity index (χ1n) is 7.41. The van der Waals surface area contributed by atoms with Gasteiger partial charge < -0.3 is 8.83 Å². The van der Waals surface area contributed by atoms with Crippen LogP contribution in [0.1, 0.15) is 11.3 Å². The molecule has 3 aromatic heterocycles. The molecule has 0 aliphatic carbocycles. The second-order valence-electron chi connectivity index (χ2n) is 6.41. The van der Waals surface area contributed by atoms with E-state index in [0.29, 0.717) is 11.4 Å². The zero-order chi connectivity index (χ0) is 16.6. The summed E-state index contributed by atoms with van der Waals surface area (Å²) in [7, 11) is -1.82. The molecule has 3 aromatic rings. The highest BCUT2D eigenvalue weighted by atomic mass is 28.4. The van der Waals surface area contributed by atoms with Crippen LogP contribution in [0.25, 0.3) is 16.8 Å². The molecule has 0 amide bonds. The molecule has 0 atom stereocenters. The molecule has 23 heavy (non-hydrogen) atoms. The summed E-state index contributed by atoms with van der Waals surface area (Å²) in [5.41, 5.74) is 4.13. The summed E-state index contributed by atoms with van der Waals surface area (Å²) < 4.78 is 7.90. The fourth-order valence-electron chi connectivity index (χ4n) is 2.40. The van der Waals surface area contributed by atoms with Crippen LogP contribution in [0, 0.1) is 18.3 Å². The Kier molecular flexibility index (Phi) is 3.66. The molecule has 3 rings (SSSR count). The third-order valence-corrected chi connectivity index (χ3v) is 4.21. The van der Waals surface area contributed by atoms with Crippen LogP contribution in [0.5, 0.6) is 5.88 Å². The lowest BCUT2D eigenvalue weighted by molar-refractivity contribution is 0.530. The number of nitrogens with zero attached hydrogens (tertiary/aromatic N) is 4. The molecule has 0 saturated heterocycles.